The van der Waals surface area contributed by atoms with E-state index in [1.54, 1.807) is 48.5 Å². The summed E-state index contributed by atoms with van der Waals surface area (Å²) in [6.45, 7) is 4.63. The summed E-state index contributed by atoms with van der Waals surface area (Å²) in [7, 11) is -2.46. The van der Waals surface area contributed by atoms with Crippen molar-refractivity contribution >= 4 is 50.6 Å². The summed E-state index contributed by atoms with van der Waals surface area (Å²) in [5, 5.41) is 12.9. The number of hydrogen-bond donors (Lipinski definition) is 1. The minimum Gasteiger partial charge on any atom is -0.465 e. The van der Waals surface area contributed by atoms with Gasteiger partial charge in [-0.05, 0) is 85.9 Å². The Morgan fingerprint density at radius 1 is 1.00 bits per heavy atom. The van der Waals surface area contributed by atoms with E-state index in [0.29, 0.717) is 29.9 Å². The second-order valence-electron chi connectivity index (χ2n) is 10.8. The first-order valence-electron chi connectivity index (χ1n) is 14.6. The summed E-state index contributed by atoms with van der Waals surface area (Å²) in [6, 6.07) is 19.8. The van der Waals surface area contributed by atoms with Gasteiger partial charge in [0, 0.05) is 18.8 Å². The lowest BCUT2D eigenvalue weighted by atomic mass is 10.1. The summed E-state index contributed by atoms with van der Waals surface area (Å²) >= 11 is 0.983. The number of methoxy groups -OCH3 is 1. The molecule has 236 valence electrons. The van der Waals surface area contributed by atoms with E-state index in [4.69, 9.17) is 4.74 Å². The summed E-state index contributed by atoms with van der Waals surface area (Å²) in [5.41, 5.74) is 2.67. The highest BCUT2D eigenvalue weighted by molar-refractivity contribution is 7.89. The first kappa shape index (κ1) is 32.6. The molecule has 0 spiro atoms. The Bertz CT molecular complexity index is 2150. The van der Waals surface area contributed by atoms with Gasteiger partial charge in [0.25, 0.3) is 11.5 Å². The SMILES string of the molecule is COC(=O)c1ccc(/C=c2\s/c(=C(/C#N)C(=O)Nc3cccc(S(=O)(=O)N4CCCCC4)c3)n(-c3cccc(C)c3C)c2=O)cc1. The predicted molar refractivity (Wildman–Crippen MR) is 177 cm³/mol. The Hall–Kier alpha value is -4.83. The Kier molecular flexibility index (Phi) is 9.67. The van der Waals surface area contributed by atoms with Crippen LogP contribution in [0.25, 0.3) is 17.3 Å². The number of nitriles is 1. The highest BCUT2D eigenvalue weighted by Crippen LogP contribution is 2.23. The van der Waals surface area contributed by atoms with E-state index in [9.17, 15) is 28.1 Å². The van der Waals surface area contributed by atoms with E-state index in [1.165, 1.54) is 34.2 Å². The Balaban J connectivity index is 1.62. The number of carbonyl (C=O) groups excluding carboxylic acids is 2. The molecule has 0 radical (unpaired) electrons. The number of piperidine rings is 1. The molecule has 1 N–H and O–H groups in total. The van der Waals surface area contributed by atoms with Crippen LogP contribution < -0.4 is 20.1 Å². The number of esters is 1. The van der Waals surface area contributed by atoms with Crippen LogP contribution in [0.2, 0.25) is 0 Å². The molecule has 3 aromatic carbocycles. The topological polar surface area (TPSA) is 139 Å². The van der Waals surface area contributed by atoms with Gasteiger partial charge in [0.15, 0.2) is 5.57 Å². The third kappa shape index (κ3) is 6.57. The first-order chi connectivity index (χ1) is 22.0. The van der Waals surface area contributed by atoms with Crippen molar-refractivity contribution < 1.29 is 22.7 Å². The number of nitrogens with one attached hydrogen (secondary N) is 1. The van der Waals surface area contributed by atoms with Crippen LogP contribution in [-0.4, -0.2) is 49.4 Å². The molecule has 1 aliphatic rings. The van der Waals surface area contributed by atoms with Crippen LogP contribution in [0.1, 0.15) is 46.3 Å². The maximum absolute atomic E-state index is 13.9. The zero-order valence-corrected chi connectivity index (χ0v) is 27.2. The zero-order valence-electron chi connectivity index (χ0n) is 25.6. The van der Waals surface area contributed by atoms with Crippen molar-refractivity contribution in [1.29, 1.82) is 5.26 Å². The second kappa shape index (κ2) is 13.7. The largest absolute Gasteiger partial charge is 0.465 e. The Labute approximate surface area is 270 Å². The predicted octanol–water partition coefficient (Wildman–Crippen LogP) is 3.62. The molecule has 0 saturated carbocycles. The van der Waals surface area contributed by atoms with Gasteiger partial charge in [0.05, 0.1) is 27.8 Å². The normalized spacial score (nSPS) is 14.8. The van der Waals surface area contributed by atoms with Gasteiger partial charge >= 0.3 is 5.97 Å². The van der Waals surface area contributed by atoms with Gasteiger partial charge in [-0.1, -0.05) is 36.8 Å². The summed E-state index contributed by atoms with van der Waals surface area (Å²) in [4.78, 5) is 39.5. The quantitative estimate of drug-likeness (QED) is 0.300. The van der Waals surface area contributed by atoms with Gasteiger partial charge < -0.3 is 10.1 Å². The highest BCUT2D eigenvalue weighted by atomic mass is 32.2. The fourth-order valence-corrected chi connectivity index (χ4v) is 7.87. The lowest BCUT2D eigenvalue weighted by Gasteiger charge is -2.26. The number of hydrogen-bond acceptors (Lipinski definition) is 8. The fourth-order valence-electron chi connectivity index (χ4n) is 5.21. The maximum Gasteiger partial charge on any atom is 0.337 e. The average Bonchev–Trinajstić information content (AvgIpc) is 3.37. The van der Waals surface area contributed by atoms with Gasteiger partial charge in [-0.15, -0.1) is 11.3 Å². The van der Waals surface area contributed by atoms with Crippen molar-refractivity contribution in [3.8, 4) is 11.8 Å². The smallest absolute Gasteiger partial charge is 0.337 e. The maximum atomic E-state index is 13.9. The van der Waals surface area contributed by atoms with E-state index < -0.39 is 27.5 Å². The fraction of sp³-hybridized carbons (Fsp3) is 0.235. The molecule has 12 heteroatoms. The van der Waals surface area contributed by atoms with Crippen LogP contribution in [0.3, 0.4) is 0 Å². The molecule has 0 bridgehead atoms. The molecule has 1 aromatic heterocycles. The molecular weight excluding hydrogens is 625 g/mol. The summed E-state index contributed by atoms with van der Waals surface area (Å²) < 4.78 is 34.4. The van der Waals surface area contributed by atoms with Gasteiger partial charge in [-0.2, -0.15) is 9.57 Å². The second-order valence-corrected chi connectivity index (χ2v) is 13.8. The third-order valence-electron chi connectivity index (χ3n) is 7.87. The molecule has 1 saturated heterocycles. The monoisotopic (exact) mass is 656 g/mol. The lowest BCUT2D eigenvalue weighted by Crippen LogP contribution is -2.35. The zero-order chi connectivity index (χ0) is 33.0. The van der Waals surface area contributed by atoms with Crippen molar-refractivity contribution in [2.45, 2.75) is 38.0 Å². The molecule has 46 heavy (non-hydrogen) atoms. The molecule has 1 amide bonds. The van der Waals surface area contributed by atoms with Crippen molar-refractivity contribution in [3.63, 3.8) is 0 Å². The Morgan fingerprint density at radius 3 is 2.37 bits per heavy atom. The number of sulfonamides is 1. The minimum absolute atomic E-state index is 0.0456. The molecular formula is C34H32N4O6S2. The van der Waals surface area contributed by atoms with E-state index in [-0.39, 0.29) is 25.4 Å². The van der Waals surface area contributed by atoms with Crippen LogP contribution in [0.15, 0.2) is 76.4 Å². The lowest BCUT2D eigenvalue weighted by molar-refractivity contribution is -0.111. The number of carbonyl (C=O) groups is 2. The Morgan fingerprint density at radius 2 is 1.70 bits per heavy atom. The standard InChI is InChI=1S/C34H32N4O6S2/c1-22-9-7-12-29(23(22)2)38-32(40)30(19-24-13-15-25(16-14-24)34(41)44-3)45-33(38)28(21-35)31(39)36-26-10-8-11-27(20-26)46(42,43)37-17-5-4-6-18-37/h7-16,19-20H,4-6,17-18H2,1-3H3,(H,36,39)/b30-19-,33-28-. The number of anilines is 1. The molecule has 0 aliphatic carbocycles. The molecule has 0 unspecified atom stereocenters. The van der Waals surface area contributed by atoms with E-state index >= 15 is 0 Å². The van der Waals surface area contributed by atoms with Gasteiger partial charge in [0.2, 0.25) is 10.0 Å². The van der Waals surface area contributed by atoms with Gasteiger partial charge in [-0.25, -0.2) is 13.2 Å². The molecule has 2 heterocycles. The van der Waals surface area contributed by atoms with Crippen LogP contribution in [0.4, 0.5) is 5.69 Å². The van der Waals surface area contributed by atoms with Gasteiger partial charge in [-0.3, -0.25) is 14.2 Å². The van der Waals surface area contributed by atoms with E-state index in [0.717, 1.165) is 41.7 Å². The third-order valence-corrected chi connectivity index (χ3v) is 10.9. The number of aromatic nitrogens is 1. The van der Waals surface area contributed by atoms with Gasteiger partial charge in [0.1, 0.15) is 10.7 Å². The number of rotatable bonds is 7. The molecule has 5 rings (SSSR count). The van der Waals surface area contributed by atoms with Crippen LogP contribution in [-0.2, 0) is 19.6 Å². The van der Waals surface area contributed by atoms with Crippen molar-refractivity contribution in [2.75, 3.05) is 25.5 Å². The van der Waals surface area contributed by atoms with Crippen molar-refractivity contribution in [2.24, 2.45) is 0 Å². The number of ether oxygens (including phenoxy) is 1. The van der Waals surface area contributed by atoms with Crippen molar-refractivity contribution in [1.82, 2.24) is 8.87 Å². The average molecular weight is 657 g/mol. The van der Waals surface area contributed by atoms with Crippen LogP contribution in [0, 0.1) is 25.2 Å². The summed E-state index contributed by atoms with van der Waals surface area (Å²) in [6.07, 6.45) is 4.18. The number of amides is 1. The molecule has 1 fully saturated rings. The molecule has 1 aliphatic heterocycles. The van der Waals surface area contributed by atoms with Crippen LogP contribution in [0.5, 0.6) is 0 Å². The number of benzene rings is 3. The highest BCUT2D eigenvalue weighted by Gasteiger charge is 2.26. The van der Waals surface area contributed by atoms with E-state index in [2.05, 4.69) is 5.32 Å². The summed E-state index contributed by atoms with van der Waals surface area (Å²) in [5.74, 6) is -1.28. The number of aryl methyl sites for hydroxylation is 1. The molecule has 4 aromatic rings. The number of thiazole rings is 1. The number of nitrogens with zero attached hydrogens (tertiary/aromatic N) is 3. The van der Waals surface area contributed by atoms with Crippen molar-refractivity contribution in [3.05, 3.63) is 109 Å². The first-order valence-corrected chi connectivity index (χ1v) is 16.9. The minimum atomic E-state index is -3.75. The van der Waals surface area contributed by atoms with Crippen LogP contribution >= 0.6 is 11.3 Å². The molecule has 0 atom stereocenters. The van der Waals surface area contributed by atoms with E-state index in [1.807, 2.05) is 26.0 Å². The molecule has 10 nitrogen and oxygen atoms in total.